The molecule has 7 heteroatoms. The van der Waals surface area contributed by atoms with Gasteiger partial charge in [-0.15, -0.1) is 0 Å². The molecule has 3 aromatic rings. The number of methoxy groups -OCH3 is 1. The van der Waals surface area contributed by atoms with Gasteiger partial charge in [-0.1, -0.05) is 17.7 Å². The van der Waals surface area contributed by atoms with Gasteiger partial charge in [0.05, 0.1) is 29.4 Å². The smallest absolute Gasteiger partial charge is 0.224 e. The van der Waals surface area contributed by atoms with E-state index in [4.69, 9.17) is 27.9 Å². The zero-order valence-corrected chi connectivity index (χ0v) is 11.3. The van der Waals surface area contributed by atoms with E-state index in [1.54, 1.807) is 25.4 Å². The fourth-order valence-electron chi connectivity index (χ4n) is 1.83. The van der Waals surface area contributed by atoms with E-state index in [0.29, 0.717) is 22.1 Å². The third kappa shape index (κ3) is 2.11. The standard InChI is InChI=1S/C12H8Cl2N4O/c1-19-9-4-6(2-3-8(9)13)10-7-5-15-18-11(7)17-12(14)16-10/h2-5H,1H3,(H,15,16,17,18). The van der Waals surface area contributed by atoms with Gasteiger partial charge in [0, 0.05) is 5.56 Å². The van der Waals surface area contributed by atoms with Crippen LogP contribution in [0.2, 0.25) is 10.3 Å². The van der Waals surface area contributed by atoms with Crippen molar-refractivity contribution >= 4 is 34.2 Å². The first kappa shape index (κ1) is 12.2. The Labute approximate surface area is 118 Å². The van der Waals surface area contributed by atoms with Crippen LogP contribution >= 0.6 is 23.2 Å². The molecule has 0 saturated heterocycles. The van der Waals surface area contributed by atoms with Gasteiger partial charge >= 0.3 is 0 Å². The maximum atomic E-state index is 6.01. The van der Waals surface area contributed by atoms with Crippen LogP contribution in [-0.4, -0.2) is 27.3 Å². The summed E-state index contributed by atoms with van der Waals surface area (Å²) < 4.78 is 5.20. The Balaban J connectivity index is 2.26. The van der Waals surface area contributed by atoms with Crippen molar-refractivity contribution in [2.24, 2.45) is 0 Å². The van der Waals surface area contributed by atoms with E-state index in [-0.39, 0.29) is 5.28 Å². The number of aromatic nitrogens is 4. The van der Waals surface area contributed by atoms with Crippen LogP contribution in [0.5, 0.6) is 5.75 Å². The molecule has 0 fully saturated rings. The maximum absolute atomic E-state index is 6.01. The second kappa shape index (κ2) is 4.68. The zero-order chi connectivity index (χ0) is 13.4. The van der Waals surface area contributed by atoms with Crippen LogP contribution in [0.15, 0.2) is 24.4 Å². The average molecular weight is 295 g/mol. The van der Waals surface area contributed by atoms with Crippen molar-refractivity contribution in [3.8, 4) is 17.0 Å². The van der Waals surface area contributed by atoms with Gasteiger partial charge in [-0.3, -0.25) is 5.10 Å². The number of aromatic amines is 1. The van der Waals surface area contributed by atoms with Crippen molar-refractivity contribution in [2.45, 2.75) is 0 Å². The summed E-state index contributed by atoms with van der Waals surface area (Å²) in [5.41, 5.74) is 2.10. The highest BCUT2D eigenvalue weighted by Crippen LogP contribution is 2.32. The molecule has 5 nitrogen and oxygen atoms in total. The lowest BCUT2D eigenvalue weighted by atomic mass is 10.1. The van der Waals surface area contributed by atoms with Crippen molar-refractivity contribution in [1.29, 1.82) is 0 Å². The molecule has 0 aliphatic rings. The molecule has 1 aromatic carbocycles. The molecule has 0 radical (unpaired) electrons. The van der Waals surface area contributed by atoms with E-state index in [1.165, 1.54) is 0 Å². The first-order chi connectivity index (χ1) is 9.19. The molecule has 0 unspecified atom stereocenters. The van der Waals surface area contributed by atoms with Crippen LogP contribution in [0, 0.1) is 0 Å². The molecular weight excluding hydrogens is 287 g/mol. The largest absolute Gasteiger partial charge is 0.495 e. The number of rotatable bonds is 2. The molecule has 0 aliphatic heterocycles. The number of benzene rings is 1. The normalized spacial score (nSPS) is 10.9. The summed E-state index contributed by atoms with van der Waals surface area (Å²) in [7, 11) is 1.56. The van der Waals surface area contributed by atoms with Gasteiger partial charge in [-0.2, -0.15) is 10.1 Å². The van der Waals surface area contributed by atoms with Crippen molar-refractivity contribution in [3.63, 3.8) is 0 Å². The average Bonchev–Trinajstić information content (AvgIpc) is 2.86. The van der Waals surface area contributed by atoms with Gasteiger partial charge in [-0.25, -0.2) is 4.98 Å². The predicted molar refractivity (Wildman–Crippen MR) is 73.7 cm³/mol. The minimum absolute atomic E-state index is 0.153. The fourth-order valence-corrected chi connectivity index (χ4v) is 2.20. The van der Waals surface area contributed by atoms with E-state index in [0.717, 1.165) is 10.9 Å². The zero-order valence-electron chi connectivity index (χ0n) is 9.82. The van der Waals surface area contributed by atoms with E-state index >= 15 is 0 Å². The van der Waals surface area contributed by atoms with Gasteiger partial charge < -0.3 is 4.74 Å². The lowest BCUT2D eigenvalue weighted by molar-refractivity contribution is 0.415. The minimum Gasteiger partial charge on any atom is -0.495 e. The Hall–Kier alpha value is -1.85. The first-order valence-electron chi connectivity index (χ1n) is 5.39. The van der Waals surface area contributed by atoms with Crippen LogP contribution in [-0.2, 0) is 0 Å². The second-order valence-corrected chi connectivity index (χ2v) is 4.57. The SMILES string of the molecule is COc1cc(-c2nc(Cl)nc3[nH]ncc23)ccc1Cl. The quantitative estimate of drug-likeness (QED) is 0.736. The van der Waals surface area contributed by atoms with Crippen LogP contribution in [0.4, 0.5) is 0 Å². The molecule has 0 amide bonds. The van der Waals surface area contributed by atoms with Crippen LogP contribution in [0.1, 0.15) is 0 Å². The molecule has 3 rings (SSSR count). The number of ether oxygens (including phenoxy) is 1. The Morgan fingerprint density at radius 3 is 2.84 bits per heavy atom. The highest BCUT2D eigenvalue weighted by atomic mass is 35.5. The molecule has 2 heterocycles. The topological polar surface area (TPSA) is 63.7 Å². The molecule has 0 spiro atoms. The maximum Gasteiger partial charge on any atom is 0.224 e. The van der Waals surface area contributed by atoms with E-state index in [2.05, 4.69) is 20.2 Å². The molecule has 96 valence electrons. The molecule has 1 N–H and O–H groups in total. The lowest BCUT2D eigenvalue weighted by Gasteiger charge is -2.07. The summed E-state index contributed by atoms with van der Waals surface area (Å²) in [6, 6.07) is 5.39. The number of H-pyrrole nitrogens is 1. The predicted octanol–water partition coefficient (Wildman–Crippen LogP) is 3.34. The van der Waals surface area contributed by atoms with Crippen LogP contribution < -0.4 is 4.74 Å². The molecule has 0 saturated carbocycles. The monoisotopic (exact) mass is 294 g/mol. The summed E-state index contributed by atoms with van der Waals surface area (Å²) in [4.78, 5) is 8.31. The fraction of sp³-hybridized carbons (Fsp3) is 0.0833. The number of hydrogen-bond donors (Lipinski definition) is 1. The highest BCUT2D eigenvalue weighted by molar-refractivity contribution is 6.32. The lowest BCUT2D eigenvalue weighted by Crippen LogP contribution is -1.91. The van der Waals surface area contributed by atoms with E-state index in [1.807, 2.05) is 6.07 Å². The van der Waals surface area contributed by atoms with Crippen molar-refractivity contribution in [3.05, 3.63) is 34.7 Å². The Kier molecular flexibility index (Phi) is 3.00. The van der Waals surface area contributed by atoms with Gasteiger partial charge in [0.2, 0.25) is 5.28 Å². The minimum atomic E-state index is 0.153. The summed E-state index contributed by atoms with van der Waals surface area (Å²) >= 11 is 11.9. The number of halogens is 2. The van der Waals surface area contributed by atoms with Crippen molar-refractivity contribution < 1.29 is 4.74 Å². The molecule has 0 bridgehead atoms. The summed E-state index contributed by atoms with van der Waals surface area (Å²) in [5, 5.41) is 8.19. The number of nitrogens with one attached hydrogen (secondary N) is 1. The van der Waals surface area contributed by atoms with E-state index in [9.17, 15) is 0 Å². The van der Waals surface area contributed by atoms with Crippen molar-refractivity contribution in [1.82, 2.24) is 20.2 Å². The Morgan fingerprint density at radius 2 is 2.05 bits per heavy atom. The summed E-state index contributed by atoms with van der Waals surface area (Å²) in [6.07, 6.45) is 1.65. The number of nitrogens with zero attached hydrogens (tertiary/aromatic N) is 3. The molecule has 0 aliphatic carbocycles. The first-order valence-corrected chi connectivity index (χ1v) is 6.15. The molecule has 0 atom stereocenters. The van der Waals surface area contributed by atoms with Gasteiger partial charge in [0.15, 0.2) is 5.65 Å². The van der Waals surface area contributed by atoms with Gasteiger partial charge in [0.1, 0.15) is 5.75 Å². The summed E-state index contributed by atoms with van der Waals surface area (Å²) in [5.74, 6) is 0.575. The number of fused-ring (bicyclic) bond motifs is 1. The third-order valence-electron chi connectivity index (χ3n) is 2.71. The van der Waals surface area contributed by atoms with Gasteiger partial charge in [-0.05, 0) is 23.7 Å². The Morgan fingerprint density at radius 1 is 1.21 bits per heavy atom. The number of hydrogen-bond acceptors (Lipinski definition) is 4. The third-order valence-corrected chi connectivity index (χ3v) is 3.19. The van der Waals surface area contributed by atoms with Crippen LogP contribution in [0.25, 0.3) is 22.3 Å². The highest BCUT2D eigenvalue weighted by Gasteiger charge is 2.12. The summed E-state index contributed by atoms with van der Waals surface area (Å²) in [6.45, 7) is 0. The molecular formula is C12H8Cl2N4O. The Bertz CT molecular complexity index is 757. The van der Waals surface area contributed by atoms with Crippen LogP contribution in [0.3, 0.4) is 0 Å². The van der Waals surface area contributed by atoms with Gasteiger partial charge in [0.25, 0.3) is 0 Å². The van der Waals surface area contributed by atoms with Crippen molar-refractivity contribution in [2.75, 3.05) is 7.11 Å². The molecule has 2 aromatic heterocycles. The second-order valence-electron chi connectivity index (χ2n) is 3.82. The van der Waals surface area contributed by atoms with E-state index < -0.39 is 0 Å². The molecule has 19 heavy (non-hydrogen) atoms.